The summed E-state index contributed by atoms with van der Waals surface area (Å²) in [5, 5.41) is 10.8. The van der Waals surface area contributed by atoms with Gasteiger partial charge in [0, 0.05) is 27.4 Å². The SMILES string of the molecule is OC(c1ccncc1F)c1ccc(Cl)cc1Cl. The smallest absolute Gasteiger partial charge is 0.147 e. The molecule has 1 aromatic carbocycles. The summed E-state index contributed by atoms with van der Waals surface area (Å²) in [5.74, 6) is -0.578. The standard InChI is InChI=1S/C12H8Cl2FNO/c13-7-1-2-8(10(14)5-7)12(17)9-3-4-16-6-11(9)15/h1-6,12,17H. The zero-order valence-electron chi connectivity index (χ0n) is 8.57. The summed E-state index contributed by atoms with van der Waals surface area (Å²) in [4.78, 5) is 3.62. The molecule has 0 radical (unpaired) electrons. The third kappa shape index (κ3) is 2.57. The van der Waals surface area contributed by atoms with Gasteiger partial charge in [0.15, 0.2) is 0 Å². The average Bonchev–Trinajstić information content (AvgIpc) is 2.29. The number of aromatic nitrogens is 1. The topological polar surface area (TPSA) is 33.1 Å². The summed E-state index contributed by atoms with van der Waals surface area (Å²) in [6, 6.07) is 6.06. The van der Waals surface area contributed by atoms with Crippen molar-refractivity contribution in [3.05, 3.63) is 63.6 Å². The van der Waals surface area contributed by atoms with Gasteiger partial charge in [0.2, 0.25) is 0 Å². The summed E-state index contributed by atoms with van der Waals surface area (Å²) < 4.78 is 13.4. The number of rotatable bonds is 2. The van der Waals surface area contributed by atoms with E-state index in [0.717, 1.165) is 6.20 Å². The van der Waals surface area contributed by atoms with E-state index in [-0.39, 0.29) is 5.56 Å². The van der Waals surface area contributed by atoms with E-state index in [1.807, 2.05) is 0 Å². The quantitative estimate of drug-likeness (QED) is 0.905. The first-order chi connectivity index (χ1) is 8.09. The Bertz CT molecular complexity index is 548. The average molecular weight is 272 g/mol. The van der Waals surface area contributed by atoms with Crippen molar-refractivity contribution < 1.29 is 9.50 Å². The second-order valence-corrected chi connectivity index (χ2v) is 4.31. The molecular formula is C12H8Cl2FNO. The Morgan fingerprint density at radius 1 is 1.18 bits per heavy atom. The highest BCUT2D eigenvalue weighted by molar-refractivity contribution is 6.35. The molecule has 5 heteroatoms. The van der Waals surface area contributed by atoms with Crippen molar-refractivity contribution in [2.75, 3.05) is 0 Å². The second-order valence-electron chi connectivity index (χ2n) is 3.47. The minimum Gasteiger partial charge on any atom is -0.383 e. The highest BCUT2D eigenvalue weighted by atomic mass is 35.5. The lowest BCUT2D eigenvalue weighted by Crippen LogP contribution is -2.03. The first-order valence-electron chi connectivity index (χ1n) is 4.82. The fraction of sp³-hybridized carbons (Fsp3) is 0.0833. The van der Waals surface area contributed by atoms with Crippen molar-refractivity contribution in [1.82, 2.24) is 4.98 Å². The molecule has 17 heavy (non-hydrogen) atoms. The molecule has 0 aliphatic carbocycles. The first kappa shape index (κ1) is 12.3. The lowest BCUT2D eigenvalue weighted by molar-refractivity contribution is 0.215. The van der Waals surface area contributed by atoms with Gasteiger partial charge in [-0.25, -0.2) is 4.39 Å². The summed E-state index contributed by atoms with van der Waals surface area (Å²) in [6.45, 7) is 0. The number of halogens is 3. The van der Waals surface area contributed by atoms with E-state index < -0.39 is 11.9 Å². The fourth-order valence-corrected chi connectivity index (χ4v) is 2.01. The number of pyridine rings is 1. The van der Waals surface area contributed by atoms with E-state index in [1.54, 1.807) is 12.1 Å². The molecule has 2 nitrogen and oxygen atoms in total. The van der Waals surface area contributed by atoms with E-state index in [9.17, 15) is 9.50 Å². The largest absolute Gasteiger partial charge is 0.383 e. The molecule has 1 N–H and O–H groups in total. The van der Waals surface area contributed by atoms with Gasteiger partial charge in [0.1, 0.15) is 11.9 Å². The maximum atomic E-state index is 13.4. The molecule has 1 unspecified atom stereocenters. The van der Waals surface area contributed by atoms with Crippen LogP contribution >= 0.6 is 23.2 Å². The van der Waals surface area contributed by atoms with Gasteiger partial charge in [-0.05, 0) is 18.2 Å². The van der Waals surface area contributed by atoms with Crippen LogP contribution < -0.4 is 0 Å². The zero-order valence-corrected chi connectivity index (χ0v) is 10.1. The van der Waals surface area contributed by atoms with Crippen LogP contribution in [0.2, 0.25) is 10.0 Å². The Morgan fingerprint density at radius 3 is 2.59 bits per heavy atom. The summed E-state index contributed by atoms with van der Waals surface area (Å²) in [5.41, 5.74) is 0.533. The van der Waals surface area contributed by atoms with Gasteiger partial charge in [0.05, 0.1) is 6.20 Å². The molecule has 0 fully saturated rings. The molecule has 0 aliphatic heterocycles. The summed E-state index contributed by atoms with van der Waals surface area (Å²) >= 11 is 11.7. The molecule has 2 aromatic rings. The Kier molecular flexibility index (Phi) is 3.62. The maximum Gasteiger partial charge on any atom is 0.147 e. The number of aliphatic hydroxyl groups is 1. The number of benzene rings is 1. The lowest BCUT2D eigenvalue weighted by atomic mass is 10.0. The van der Waals surface area contributed by atoms with Gasteiger partial charge in [0.25, 0.3) is 0 Å². The third-order valence-corrected chi connectivity index (χ3v) is 2.92. The van der Waals surface area contributed by atoms with Crippen LogP contribution in [0.15, 0.2) is 36.7 Å². The maximum absolute atomic E-state index is 13.4. The summed E-state index contributed by atoms with van der Waals surface area (Å²) in [7, 11) is 0. The third-order valence-electron chi connectivity index (χ3n) is 2.36. The van der Waals surface area contributed by atoms with Crippen molar-refractivity contribution >= 4 is 23.2 Å². The number of nitrogens with zero attached hydrogens (tertiary/aromatic N) is 1. The molecule has 1 heterocycles. The van der Waals surface area contributed by atoms with E-state index in [0.29, 0.717) is 15.6 Å². The van der Waals surface area contributed by atoms with E-state index in [1.165, 1.54) is 18.3 Å². The predicted octanol–water partition coefficient (Wildman–Crippen LogP) is 3.61. The first-order valence-corrected chi connectivity index (χ1v) is 5.57. The van der Waals surface area contributed by atoms with Gasteiger partial charge in [-0.15, -0.1) is 0 Å². The van der Waals surface area contributed by atoms with Crippen LogP contribution in [-0.4, -0.2) is 10.1 Å². The Hall–Kier alpha value is -1.16. The molecule has 0 saturated heterocycles. The van der Waals surface area contributed by atoms with Crippen LogP contribution in [0.25, 0.3) is 0 Å². The molecule has 0 bridgehead atoms. The minimum atomic E-state index is -1.14. The van der Waals surface area contributed by atoms with E-state index in [4.69, 9.17) is 23.2 Å². The number of hydrogen-bond acceptors (Lipinski definition) is 2. The van der Waals surface area contributed by atoms with E-state index >= 15 is 0 Å². The Morgan fingerprint density at radius 2 is 1.94 bits per heavy atom. The van der Waals surface area contributed by atoms with Crippen molar-refractivity contribution in [1.29, 1.82) is 0 Å². The van der Waals surface area contributed by atoms with Gasteiger partial charge in [-0.1, -0.05) is 29.3 Å². The molecule has 1 aromatic heterocycles. The Balaban J connectivity index is 2.44. The fourth-order valence-electron chi connectivity index (χ4n) is 1.50. The van der Waals surface area contributed by atoms with E-state index in [2.05, 4.69) is 4.98 Å². The highest BCUT2D eigenvalue weighted by Gasteiger charge is 2.17. The van der Waals surface area contributed by atoms with Crippen LogP contribution in [0.1, 0.15) is 17.2 Å². The van der Waals surface area contributed by atoms with Crippen molar-refractivity contribution in [3.8, 4) is 0 Å². The minimum absolute atomic E-state index is 0.129. The second kappa shape index (κ2) is 5.00. The van der Waals surface area contributed by atoms with Crippen LogP contribution in [0.3, 0.4) is 0 Å². The van der Waals surface area contributed by atoms with Crippen LogP contribution in [0.5, 0.6) is 0 Å². The number of hydrogen-bond donors (Lipinski definition) is 1. The van der Waals surface area contributed by atoms with Gasteiger partial charge < -0.3 is 5.11 Å². The molecule has 88 valence electrons. The van der Waals surface area contributed by atoms with Crippen molar-refractivity contribution in [3.63, 3.8) is 0 Å². The highest BCUT2D eigenvalue weighted by Crippen LogP contribution is 2.31. The monoisotopic (exact) mass is 271 g/mol. The van der Waals surface area contributed by atoms with Gasteiger partial charge in [-0.2, -0.15) is 0 Å². The van der Waals surface area contributed by atoms with Crippen molar-refractivity contribution in [2.24, 2.45) is 0 Å². The van der Waals surface area contributed by atoms with Crippen LogP contribution in [-0.2, 0) is 0 Å². The zero-order chi connectivity index (χ0) is 12.4. The molecular weight excluding hydrogens is 264 g/mol. The predicted molar refractivity (Wildman–Crippen MR) is 64.7 cm³/mol. The van der Waals surface area contributed by atoms with Gasteiger partial charge >= 0.3 is 0 Å². The summed E-state index contributed by atoms with van der Waals surface area (Å²) in [6.07, 6.45) is 1.32. The van der Waals surface area contributed by atoms with Gasteiger partial charge in [-0.3, -0.25) is 4.98 Å². The normalized spacial score (nSPS) is 12.5. The molecule has 1 atom stereocenters. The lowest BCUT2D eigenvalue weighted by Gasteiger charge is -2.13. The Labute approximate surface area is 108 Å². The number of aliphatic hydroxyl groups excluding tert-OH is 1. The molecule has 0 saturated carbocycles. The molecule has 0 spiro atoms. The van der Waals surface area contributed by atoms with Crippen LogP contribution in [0, 0.1) is 5.82 Å². The molecule has 2 rings (SSSR count). The van der Waals surface area contributed by atoms with Crippen molar-refractivity contribution in [2.45, 2.75) is 6.10 Å². The molecule has 0 amide bonds. The van der Waals surface area contributed by atoms with Crippen LogP contribution in [0.4, 0.5) is 4.39 Å². The molecule has 0 aliphatic rings.